The highest BCUT2D eigenvalue weighted by Gasteiger charge is 2.75. The summed E-state index contributed by atoms with van der Waals surface area (Å²) in [6, 6.07) is 0. The molecular weight excluding hydrogens is 181 g/mol. The van der Waals surface area contributed by atoms with Gasteiger partial charge in [-0.15, -0.1) is 0 Å². The van der Waals surface area contributed by atoms with Gasteiger partial charge in [-0.25, -0.2) is 18.5 Å². The largest absolute Gasteiger partial charge is 0.482 e. The van der Waals surface area contributed by atoms with Gasteiger partial charge in [-0.1, -0.05) is 6.92 Å². The minimum Gasteiger partial charge on any atom is -0.276 e. The maximum atomic E-state index is 11.3. The molecule has 0 aromatic heterocycles. The van der Waals surface area contributed by atoms with E-state index in [1.54, 1.807) is 0 Å². The van der Waals surface area contributed by atoms with Gasteiger partial charge in [0.15, 0.2) is 0 Å². The molecule has 4 fully saturated rings. The molecule has 5 nitrogen and oxygen atoms in total. The molecule has 68 valence electrons. The van der Waals surface area contributed by atoms with Crippen molar-refractivity contribution in [1.29, 1.82) is 0 Å². The fourth-order valence-corrected chi connectivity index (χ4v) is 3.83. The van der Waals surface area contributed by atoms with Crippen molar-refractivity contribution in [2.45, 2.75) is 25.4 Å². The van der Waals surface area contributed by atoms with Crippen molar-refractivity contribution in [3.63, 3.8) is 0 Å². The number of likely N-dealkylation sites (tertiary alicyclic amines) is 1. The Morgan fingerprint density at radius 3 is 3.08 bits per heavy atom. The highest BCUT2D eigenvalue weighted by Crippen LogP contribution is 2.76. The zero-order chi connectivity index (χ0) is 8.40. The number of likely N-dealkylation sites (N-methyl/N-ethyl adjacent to an activating group) is 1. The molecule has 0 amide bonds. The molecule has 2 bridgehead atoms. The third-order valence-electron chi connectivity index (χ3n) is 2.63. The second-order valence-electron chi connectivity index (χ2n) is 3.22. The van der Waals surface area contributed by atoms with E-state index in [9.17, 15) is 4.57 Å². The second-order valence-corrected chi connectivity index (χ2v) is 4.69. The first-order chi connectivity index (χ1) is 5.69. The van der Waals surface area contributed by atoms with Gasteiger partial charge in [-0.05, 0) is 6.42 Å². The van der Waals surface area contributed by atoms with Crippen molar-refractivity contribution in [2.24, 2.45) is 0 Å². The molecule has 4 saturated heterocycles. The molecule has 4 heterocycles. The lowest BCUT2D eigenvalue weighted by Gasteiger charge is -2.39. The van der Waals surface area contributed by atoms with Gasteiger partial charge >= 0.3 is 7.82 Å². The molecule has 6 heteroatoms. The van der Waals surface area contributed by atoms with E-state index < -0.39 is 13.7 Å². The van der Waals surface area contributed by atoms with Crippen molar-refractivity contribution >= 4 is 7.82 Å². The maximum absolute atomic E-state index is 11.3. The predicted molar refractivity (Wildman–Crippen MR) is 39.2 cm³/mol. The summed E-state index contributed by atoms with van der Waals surface area (Å²) in [5.74, 6) is -0.774. The van der Waals surface area contributed by atoms with Gasteiger partial charge in [0.25, 0.3) is 5.91 Å². The molecule has 0 N–H and O–H groups in total. The smallest absolute Gasteiger partial charge is 0.276 e. The molecule has 1 spiro atoms. The molecule has 12 heavy (non-hydrogen) atoms. The summed E-state index contributed by atoms with van der Waals surface area (Å²) in [5, 5.41) is 0. The molecule has 1 atom stereocenters. The topological polar surface area (TPSA) is 48.0 Å². The maximum Gasteiger partial charge on any atom is 0.482 e. The van der Waals surface area contributed by atoms with E-state index in [-0.39, 0.29) is 6.10 Å². The van der Waals surface area contributed by atoms with E-state index in [2.05, 4.69) is 0 Å². The highest BCUT2D eigenvalue weighted by molar-refractivity contribution is 7.50. The normalized spacial score (nSPS) is 56.9. The fourth-order valence-electron chi connectivity index (χ4n) is 2.07. The lowest BCUT2D eigenvalue weighted by molar-refractivity contribution is -0.255. The summed E-state index contributed by atoms with van der Waals surface area (Å²) in [7, 11) is -3.08. The number of nitrogens with zero attached hydrogens (tertiary/aromatic N) is 1. The number of rotatable bonds is 1. The van der Waals surface area contributed by atoms with Crippen LogP contribution in [0, 0.1) is 0 Å². The summed E-state index contributed by atoms with van der Waals surface area (Å²) in [6.07, 6.45) is 0.709. The van der Waals surface area contributed by atoms with Gasteiger partial charge in [-0.2, -0.15) is 0 Å². The van der Waals surface area contributed by atoms with E-state index in [0.29, 0.717) is 0 Å². The van der Waals surface area contributed by atoms with Crippen molar-refractivity contribution in [1.82, 2.24) is 4.90 Å². The zero-order valence-corrected chi connectivity index (χ0v) is 7.62. The molecule has 0 radical (unpaired) electrons. The Morgan fingerprint density at radius 1 is 1.67 bits per heavy atom. The fraction of sp³-hybridized carbons (Fsp3) is 1.00. The SMILES string of the molecule is CCN1CCC2OP3(=O)OC21O3. The minimum absolute atomic E-state index is 0.136. The van der Waals surface area contributed by atoms with Crippen LogP contribution < -0.4 is 0 Å². The second kappa shape index (κ2) is 1.94. The van der Waals surface area contributed by atoms with Gasteiger partial charge in [0.1, 0.15) is 6.10 Å². The van der Waals surface area contributed by atoms with Crippen LogP contribution in [0.25, 0.3) is 0 Å². The van der Waals surface area contributed by atoms with E-state index in [0.717, 1.165) is 19.5 Å². The Labute approximate surface area is 70.2 Å². The van der Waals surface area contributed by atoms with E-state index in [1.807, 2.05) is 11.8 Å². The number of phosphoric ester groups is 1. The van der Waals surface area contributed by atoms with Crippen molar-refractivity contribution < 1.29 is 18.1 Å². The molecule has 1 unspecified atom stereocenters. The Bertz CT molecular complexity index is 271. The van der Waals surface area contributed by atoms with Crippen LogP contribution in [0.1, 0.15) is 13.3 Å². The lowest BCUT2D eigenvalue weighted by atomic mass is 10.3. The molecule has 0 aromatic carbocycles. The Kier molecular flexibility index (Phi) is 1.21. The third kappa shape index (κ3) is 0.637. The van der Waals surface area contributed by atoms with Gasteiger partial charge in [0, 0.05) is 13.1 Å². The molecular formula is C6H10NO4P. The molecule has 0 saturated carbocycles. The predicted octanol–water partition coefficient (Wildman–Crippen LogP) is 0.919. The standard InChI is InChI=1S/C6H10NO4P/c1-2-7-4-3-5-6(7)10-12(8,9-5)11-6/h5H,2-4H2,1H3. The van der Waals surface area contributed by atoms with Gasteiger partial charge in [-0.3, -0.25) is 4.52 Å². The number of hydrogen-bond donors (Lipinski definition) is 0. The van der Waals surface area contributed by atoms with Crippen molar-refractivity contribution in [2.75, 3.05) is 13.1 Å². The first-order valence-corrected chi connectivity index (χ1v) is 5.59. The van der Waals surface area contributed by atoms with Crippen LogP contribution in [0.2, 0.25) is 0 Å². The van der Waals surface area contributed by atoms with Crippen LogP contribution in [-0.2, 0) is 18.1 Å². The van der Waals surface area contributed by atoms with Gasteiger partial charge in [0.2, 0.25) is 0 Å². The van der Waals surface area contributed by atoms with E-state index >= 15 is 0 Å². The Balaban J connectivity index is 1.96. The van der Waals surface area contributed by atoms with E-state index in [4.69, 9.17) is 13.6 Å². The van der Waals surface area contributed by atoms with Crippen LogP contribution in [0.5, 0.6) is 0 Å². The lowest BCUT2D eigenvalue weighted by Crippen LogP contribution is -2.53. The minimum atomic E-state index is -3.08. The Hall–Kier alpha value is 0.0700. The molecule has 4 rings (SSSR count). The van der Waals surface area contributed by atoms with Crippen molar-refractivity contribution in [3.8, 4) is 0 Å². The summed E-state index contributed by atoms with van der Waals surface area (Å²) < 4.78 is 26.8. The van der Waals surface area contributed by atoms with Crippen LogP contribution >= 0.6 is 7.82 Å². The summed E-state index contributed by atoms with van der Waals surface area (Å²) >= 11 is 0. The summed E-state index contributed by atoms with van der Waals surface area (Å²) in [6.45, 7) is 3.74. The highest BCUT2D eigenvalue weighted by atomic mass is 31.2. The summed E-state index contributed by atoms with van der Waals surface area (Å²) in [4.78, 5) is 2.01. The molecule has 4 aliphatic rings. The first kappa shape index (κ1) is 7.47. The monoisotopic (exact) mass is 191 g/mol. The van der Waals surface area contributed by atoms with Crippen LogP contribution in [0.4, 0.5) is 0 Å². The molecule has 0 aromatic rings. The summed E-state index contributed by atoms with van der Waals surface area (Å²) in [5.41, 5.74) is 0. The zero-order valence-electron chi connectivity index (χ0n) is 6.73. The van der Waals surface area contributed by atoms with Crippen molar-refractivity contribution in [3.05, 3.63) is 0 Å². The Morgan fingerprint density at radius 2 is 2.42 bits per heavy atom. The number of hydrogen-bond acceptors (Lipinski definition) is 5. The van der Waals surface area contributed by atoms with Crippen LogP contribution in [-0.4, -0.2) is 30.0 Å². The van der Waals surface area contributed by atoms with E-state index in [1.165, 1.54) is 0 Å². The number of phosphoric acid groups is 1. The molecule has 0 aliphatic carbocycles. The first-order valence-electron chi connectivity index (χ1n) is 4.13. The average molecular weight is 191 g/mol. The third-order valence-corrected chi connectivity index (χ3v) is 4.12. The van der Waals surface area contributed by atoms with Gasteiger partial charge < -0.3 is 0 Å². The van der Waals surface area contributed by atoms with Crippen LogP contribution in [0.3, 0.4) is 0 Å². The molecule has 4 aliphatic heterocycles. The quantitative estimate of drug-likeness (QED) is 0.577. The van der Waals surface area contributed by atoms with Crippen LogP contribution in [0.15, 0.2) is 0 Å². The average Bonchev–Trinajstić information content (AvgIpc) is 2.46. The van der Waals surface area contributed by atoms with Gasteiger partial charge in [0.05, 0.1) is 0 Å².